The predicted molar refractivity (Wildman–Crippen MR) is 41.0 cm³/mol. The minimum atomic E-state index is 0.941. The number of hydrazine groups is 1. The molecule has 50 valence electrons. The minimum absolute atomic E-state index is 0.941. The van der Waals surface area contributed by atoms with E-state index in [0.717, 1.165) is 13.6 Å². The highest BCUT2D eigenvalue weighted by atomic mass is 15.3. The smallest absolute Gasteiger partial charge is 0.205 e. The molecule has 0 fully saturated rings. The second-order valence-electron chi connectivity index (χ2n) is 2.48. The lowest BCUT2D eigenvalue weighted by Crippen LogP contribution is -2.83. The van der Waals surface area contributed by atoms with Crippen molar-refractivity contribution in [2.45, 2.75) is 6.54 Å². The van der Waals surface area contributed by atoms with E-state index >= 15 is 0 Å². The van der Waals surface area contributed by atoms with Gasteiger partial charge >= 0.3 is 0 Å². The first-order chi connectivity index (χ1) is 4.97. The monoisotopic (exact) mass is 132 g/mol. The molecule has 2 N–H and O–H groups in total. The summed E-state index contributed by atoms with van der Waals surface area (Å²) in [7, 11) is 0.941. The maximum atomic E-state index is 3.09. The van der Waals surface area contributed by atoms with Crippen LogP contribution in [0.1, 0.15) is 5.56 Å². The molecule has 0 aliphatic carbocycles. The van der Waals surface area contributed by atoms with Crippen molar-refractivity contribution < 1.29 is 5.00 Å². The third kappa shape index (κ3) is 0.836. The summed E-state index contributed by atoms with van der Waals surface area (Å²) in [6.07, 6.45) is 0. The van der Waals surface area contributed by atoms with Crippen LogP contribution in [0.2, 0.25) is 0 Å². The van der Waals surface area contributed by atoms with Crippen LogP contribution < -0.4 is 15.9 Å². The Labute approximate surface area is 60.2 Å². The van der Waals surface area contributed by atoms with Gasteiger partial charge in [-0.2, -0.15) is 5.46 Å². The zero-order valence-electron chi connectivity index (χ0n) is 5.72. The molecule has 0 spiro atoms. The summed E-state index contributed by atoms with van der Waals surface area (Å²) in [5.41, 5.74) is 5.90. The van der Waals surface area contributed by atoms with Crippen LogP contribution in [-0.4, -0.2) is 7.07 Å². The molecule has 3 heteroatoms. The molecule has 0 aromatic heterocycles. The average Bonchev–Trinajstić information content (AvgIpc) is 2.05. The summed E-state index contributed by atoms with van der Waals surface area (Å²) < 4.78 is 0. The van der Waals surface area contributed by atoms with E-state index in [1.165, 1.54) is 11.0 Å². The molecular formula is C7H9BN2. The van der Waals surface area contributed by atoms with Crippen LogP contribution in [0.15, 0.2) is 24.3 Å². The summed E-state index contributed by atoms with van der Waals surface area (Å²) in [4.78, 5) is 0. The Balaban J connectivity index is 2.54. The highest BCUT2D eigenvalue weighted by molar-refractivity contribution is 6.39. The van der Waals surface area contributed by atoms with E-state index in [1.807, 2.05) is 0 Å². The molecule has 0 radical (unpaired) electrons. The van der Waals surface area contributed by atoms with Crippen molar-refractivity contribution in [2.75, 3.05) is 0 Å². The van der Waals surface area contributed by atoms with Crippen LogP contribution in [-0.2, 0) is 6.54 Å². The van der Waals surface area contributed by atoms with Crippen molar-refractivity contribution in [3.05, 3.63) is 29.8 Å². The first-order valence-electron chi connectivity index (χ1n) is 3.49. The maximum absolute atomic E-state index is 3.09. The molecule has 2 rings (SSSR count). The maximum Gasteiger partial charge on any atom is 0.205 e. The number of rotatable bonds is 0. The first kappa shape index (κ1) is 5.65. The molecule has 0 saturated heterocycles. The lowest BCUT2D eigenvalue weighted by molar-refractivity contribution is -0.515. The Morgan fingerprint density at radius 1 is 1.40 bits per heavy atom. The van der Waals surface area contributed by atoms with Gasteiger partial charge in [0.2, 0.25) is 7.07 Å². The molecule has 2 nitrogen and oxygen atoms in total. The molecule has 1 aliphatic heterocycles. The van der Waals surface area contributed by atoms with Gasteiger partial charge in [-0.15, -0.1) is 0 Å². The highest BCUT2D eigenvalue weighted by Crippen LogP contribution is 1.92. The molecule has 1 aromatic carbocycles. The van der Waals surface area contributed by atoms with Crippen LogP contribution >= 0.6 is 0 Å². The average molecular weight is 132 g/mol. The van der Waals surface area contributed by atoms with Gasteiger partial charge in [0, 0.05) is 0 Å². The Morgan fingerprint density at radius 2 is 2.30 bits per heavy atom. The van der Waals surface area contributed by atoms with E-state index in [9.17, 15) is 0 Å². The minimum Gasteiger partial charge on any atom is -0.393 e. The van der Waals surface area contributed by atoms with Crippen molar-refractivity contribution in [2.24, 2.45) is 0 Å². The standard InChI is InChI=1S/C7H9BN2/c1-2-4-7-6(3-1)5-9-10-8-7/h1-4,8-10H,5H2. The van der Waals surface area contributed by atoms with E-state index in [-0.39, 0.29) is 0 Å². The van der Waals surface area contributed by atoms with Gasteiger partial charge in [-0.1, -0.05) is 29.8 Å². The molecule has 0 bridgehead atoms. The molecule has 0 atom stereocenters. The second kappa shape index (κ2) is 2.25. The van der Waals surface area contributed by atoms with Crippen molar-refractivity contribution in [1.82, 2.24) is 5.43 Å². The van der Waals surface area contributed by atoms with Gasteiger partial charge in [0.15, 0.2) is 0 Å². The molecule has 10 heavy (non-hydrogen) atoms. The lowest BCUT2D eigenvalue weighted by Gasteiger charge is -2.12. The Hall–Kier alpha value is -1.12. The quantitative estimate of drug-likeness (QED) is 0.393. The Kier molecular flexibility index (Phi) is 1.27. The fourth-order valence-corrected chi connectivity index (χ4v) is 1.22. The van der Waals surface area contributed by atoms with Gasteiger partial charge in [-0.05, 0) is 0 Å². The predicted octanol–water partition coefficient (Wildman–Crippen LogP) is -1.97. The van der Waals surface area contributed by atoms with Gasteiger partial charge in [0.1, 0.15) is 0 Å². The van der Waals surface area contributed by atoms with Gasteiger partial charge in [0.25, 0.3) is 0 Å². The van der Waals surface area contributed by atoms with Crippen molar-refractivity contribution in [1.29, 1.82) is 0 Å². The number of benzene rings is 1. The Morgan fingerprint density at radius 3 is 3.20 bits per heavy atom. The molecule has 1 aromatic rings. The number of hydrogen-bond acceptors (Lipinski definition) is 1. The fourth-order valence-electron chi connectivity index (χ4n) is 1.22. The van der Waals surface area contributed by atoms with Crippen LogP contribution in [0.25, 0.3) is 0 Å². The molecule has 1 heterocycles. The summed E-state index contributed by atoms with van der Waals surface area (Å²) in [6.45, 7) is 0.941. The van der Waals surface area contributed by atoms with E-state index < -0.39 is 0 Å². The summed E-state index contributed by atoms with van der Waals surface area (Å²) in [5.74, 6) is 0. The van der Waals surface area contributed by atoms with Gasteiger partial charge in [-0.3, -0.25) is 5.43 Å². The van der Waals surface area contributed by atoms with Crippen molar-refractivity contribution in [3.8, 4) is 0 Å². The van der Waals surface area contributed by atoms with Crippen molar-refractivity contribution in [3.63, 3.8) is 0 Å². The molecule has 0 unspecified atom stereocenters. The third-order valence-corrected chi connectivity index (χ3v) is 1.80. The third-order valence-electron chi connectivity index (χ3n) is 1.80. The zero-order chi connectivity index (χ0) is 6.81. The molecular weight excluding hydrogens is 123 g/mol. The van der Waals surface area contributed by atoms with E-state index in [4.69, 9.17) is 0 Å². The van der Waals surface area contributed by atoms with Crippen LogP contribution in [0.4, 0.5) is 0 Å². The molecule has 0 saturated carbocycles. The Bertz CT molecular complexity index is 270. The van der Waals surface area contributed by atoms with E-state index in [1.54, 1.807) is 0 Å². The zero-order valence-corrected chi connectivity index (χ0v) is 5.72. The van der Waals surface area contributed by atoms with Crippen LogP contribution in [0.5, 0.6) is 0 Å². The first-order valence-corrected chi connectivity index (χ1v) is 3.49. The largest absolute Gasteiger partial charge is 0.393 e. The summed E-state index contributed by atoms with van der Waals surface area (Å²) in [5, 5.41) is 3.09. The molecule has 0 amide bonds. The normalized spacial score (nSPS) is 14.0. The van der Waals surface area contributed by atoms with Crippen molar-refractivity contribution >= 4 is 12.5 Å². The topological polar surface area (TPSA) is 26.0 Å². The number of nitrogens with one attached hydrogen (secondary N) is 2. The highest BCUT2D eigenvalue weighted by Gasteiger charge is 1.97. The number of fused-ring (bicyclic) bond motifs is 1. The second-order valence-corrected chi connectivity index (χ2v) is 2.48. The molecule has 1 aliphatic rings. The van der Waals surface area contributed by atoms with E-state index in [2.05, 4.69) is 34.7 Å². The van der Waals surface area contributed by atoms with Crippen LogP contribution in [0.3, 0.4) is 0 Å². The van der Waals surface area contributed by atoms with E-state index in [0.29, 0.717) is 0 Å². The van der Waals surface area contributed by atoms with Gasteiger partial charge in [0.05, 0.1) is 6.54 Å². The SMILES string of the molecule is [BH-]1=[NH+]NCc2ccccc21. The van der Waals surface area contributed by atoms with Crippen LogP contribution in [0, 0.1) is 0 Å². The van der Waals surface area contributed by atoms with Gasteiger partial charge < -0.3 is 5.00 Å². The summed E-state index contributed by atoms with van der Waals surface area (Å²) >= 11 is 0. The lowest BCUT2D eigenvalue weighted by atomic mass is 9.85. The fraction of sp³-hybridized carbons (Fsp3) is 0.143. The number of hydrogen-bond donors (Lipinski definition) is 2. The van der Waals surface area contributed by atoms with Gasteiger partial charge in [-0.25, -0.2) is 0 Å². The summed E-state index contributed by atoms with van der Waals surface area (Å²) in [6, 6.07) is 8.46.